The Bertz CT molecular complexity index is 1440. The van der Waals surface area contributed by atoms with Gasteiger partial charge in [-0.3, -0.25) is 0 Å². The fourth-order valence-electron chi connectivity index (χ4n) is 4.64. The van der Waals surface area contributed by atoms with Crippen molar-refractivity contribution in [3.05, 3.63) is 94.4 Å². The number of hydrogen-bond acceptors (Lipinski definition) is 4. The molecule has 1 saturated carbocycles. The summed E-state index contributed by atoms with van der Waals surface area (Å²) in [5.41, 5.74) is 7.85. The number of fused-ring (bicyclic) bond motifs is 3. The number of allylic oxidation sites excluding steroid dienone is 1. The smallest absolute Gasteiger partial charge is 0.160 e. The van der Waals surface area contributed by atoms with Crippen LogP contribution in [0.4, 0.5) is 0 Å². The van der Waals surface area contributed by atoms with Gasteiger partial charge in [-0.05, 0) is 60.7 Å². The van der Waals surface area contributed by atoms with Gasteiger partial charge in [-0.1, -0.05) is 30.3 Å². The van der Waals surface area contributed by atoms with Gasteiger partial charge in [0.1, 0.15) is 23.7 Å². The lowest BCUT2D eigenvalue weighted by Crippen LogP contribution is -2.06. The van der Waals surface area contributed by atoms with Crippen LogP contribution in [-0.2, 0) is 13.2 Å². The summed E-state index contributed by atoms with van der Waals surface area (Å²) in [6.07, 6.45) is 4.23. The number of hydrogen-bond donors (Lipinski definition) is 0. The van der Waals surface area contributed by atoms with Gasteiger partial charge in [-0.25, -0.2) is 9.97 Å². The first-order valence-electron chi connectivity index (χ1n) is 11.0. The van der Waals surface area contributed by atoms with Crippen LogP contribution in [0.1, 0.15) is 53.8 Å². The van der Waals surface area contributed by atoms with Crippen LogP contribution >= 0.6 is 0 Å². The zero-order chi connectivity index (χ0) is 21.7. The van der Waals surface area contributed by atoms with E-state index in [4.69, 9.17) is 9.72 Å². The third kappa shape index (κ3) is 3.07. The van der Waals surface area contributed by atoms with Crippen molar-refractivity contribution < 1.29 is 4.74 Å². The van der Waals surface area contributed by atoms with E-state index in [1.165, 1.54) is 18.4 Å². The second-order valence-electron chi connectivity index (χ2n) is 8.56. The monoisotopic (exact) mass is 418 g/mol. The van der Waals surface area contributed by atoms with Crippen molar-refractivity contribution >= 4 is 16.7 Å². The molecule has 0 unspecified atom stereocenters. The van der Waals surface area contributed by atoms with Gasteiger partial charge in [0, 0.05) is 28.8 Å². The maximum atomic E-state index is 9.68. The van der Waals surface area contributed by atoms with Gasteiger partial charge in [-0.15, -0.1) is 0 Å². The molecule has 0 amide bonds. The molecule has 32 heavy (non-hydrogen) atoms. The second kappa shape index (κ2) is 7.35. The van der Waals surface area contributed by atoms with Crippen molar-refractivity contribution in [2.45, 2.75) is 38.8 Å². The normalized spacial score (nSPS) is 16.5. The van der Waals surface area contributed by atoms with Crippen LogP contribution in [0.3, 0.4) is 0 Å². The SMILES string of the molecule is C/C(C#N)=C1\c2ccc(Cn3c(C4CC4)nc4cccnc43)cc2COc2ccccc21. The molecule has 2 aromatic heterocycles. The zero-order valence-electron chi connectivity index (χ0n) is 17.9. The maximum Gasteiger partial charge on any atom is 0.160 e. The van der Waals surface area contributed by atoms with Crippen LogP contribution in [0.2, 0.25) is 0 Å². The van der Waals surface area contributed by atoms with Crippen LogP contribution in [-0.4, -0.2) is 14.5 Å². The van der Waals surface area contributed by atoms with Crippen LogP contribution < -0.4 is 4.74 Å². The van der Waals surface area contributed by atoms with E-state index in [0.29, 0.717) is 18.1 Å². The maximum absolute atomic E-state index is 9.68. The van der Waals surface area contributed by atoms with Crippen LogP contribution in [0.5, 0.6) is 5.75 Å². The van der Waals surface area contributed by atoms with E-state index in [-0.39, 0.29) is 0 Å². The number of para-hydroxylation sites is 1. The summed E-state index contributed by atoms with van der Waals surface area (Å²) < 4.78 is 8.42. The van der Waals surface area contributed by atoms with E-state index in [2.05, 4.69) is 33.8 Å². The number of ether oxygens (including phenoxy) is 1. The van der Waals surface area contributed by atoms with Crippen molar-refractivity contribution in [1.82, 2.24) is 14.5 Å². The molecular weight excluding hydrogens is 396 g/mol. The molecule has 0 radical (unpaired) electrons. The molecule has 3 heterocycles. The Balaban J connectivity index is 1.45. The number of pyridine rings is 1. The van der Waals surface area contributed by atoms with Crippen LogP contribution in [0.15, 0.2) is 66.4 Å². The highest BCUT2D eigenvalue weighted by Gasteiger charge is 2.30. The van der Waals surface area contributed by atoms with E-state index in [9.17, 15) is 5.26 Å². The lowest BCUT2D eigenvalue weighted by atomic mass is 9.90. The number of nitriles is 1. The Morgan fingerprint density at radius 1 is 1.12 bits per heavy atom. The summed E-state index contributed by atoms with van der Waals surface area (Å²) in [5, 5.41) is 9.68. The molecule has 0 saturated heterocycles. The molecule has 2 aliphatic rings. The summed E-state index contributed by atoms with van der Waals surface area (Å²) in [5.74, 6) is 2.49. The van der Waals surface area contributed by atoms with Crippen LogP contribution in [0, 0.1) is 11.3 Å². The predicted octanol–water partition coefficient (Wildman–Crippen LogP) is 5.59. The summed E-state index contributed by atoms with van der Waals surface area (Å²) in [4.78, 5) is 9.50. The van der Waals surface area contributed by atoms with Gasteiger partial charge < -0.3 is 9.30 Å². The molecule has 5 heteroatoms. The number of rotatable bonds is 3. The molecular formula is C27H22N4O. The minimum Gasteiger partial charge on any atom is -0.488 e. The van der Waals surface area contributed by atoms with Crippen LogP contribution in [0.25, 0.3) is 16.7 Å². The minimum atomic E-state index is 0.473. The quantitative estimate of drug-likeness (QED) is 0.407. The molecule has 2 aromatic carbocycles. The number of aromatic nitrogens is 3. The Kier molecular flexibility index (Phi) is 4.32. The average Bonchev–Trinajstić information content (AvgIpc) is 3.63. The molecule has 0 bridgehead atoms. The summed E-state index contributed by atoms with van der Waals surface area (Å²) in [6, 6.07) is 20.8. The van der Waals surface area contributed by atoms with E-state index >= 15 is 0 Å². The zero-order valence-corrected chi connectivity index (χ0v) is 17.9. The Labute approximate surface area is 186 Å². The number of imidazole rings is 1. The second-order valence-corrected chi connectivity index (χ2v) is 8.56. The molecule has 1 aliphatic carbocycles. The third-order valence-corrected chi connectivity index (χ3v) is 6.34. The Morgan fingerprint density at radius 2 is 2.00 bits per heavy atom. The largest absolute Gasteiger partial charge is 0.488 e. The van der Waals surface area contributed by atoms with E-state index < -0.39 is 0 Å². The first-order valence-corrected chi connectivity index (χ1v) is 11.0. The van der Waals surface area contributed by atoms with Gasteiger partial charge in [0.05, 0.1) is 12.6 Å². The molecule has 0 N–H and O–H groups in total. The molecule has 1 aliphatic heterocycles. The van der Waals surface area contributed by atoms with E-state index in [1.807, 2.05) is 49.5 Å². The van der Waals surface area contributed by atoms with Crippen molar-refractivity contribution in [2.75, 3.05) is 0 Å². The van der Waals surface area contributed by atoms with Gasteiger partial charge in [-0.2, -0.15) is 5.26 Å². The third-order valence-electron chi connectivity index (χ3n) is 6.34. The summed E-state index contributed by atoms with van der Waals surface area (Å²) >= 11 is 0. The standard InChI is InChI=1S/C27H22N4O/c1-17(14-28)25-21-11-8-18(13-20(21)16-32-24-7-3-2-5-22(24)25)15-31-26(19-9-10-19)30-23-6-4-12-29-27(23)31/h2-8,11-13,19H,9-10,15-16H2,1H3/b25-17-. The first kappa shape index (κ1) is 18.8. The van der Waals surface area contributed by atoms with Gasteiger partial charge in [0.2, 0.25) is 0 Å². The summed E-state index contributed by atoms with van der Waals surface area (Å²) in [6.45, 7) is 3.07. The minimum absolute atomic E-state index is 0.473. The lowest BCUT2D eigenvalue weighted by Gasteiger charge is -2.14. The van der Waals surface area contributed by atoms with Gasteiger partial charge >= 0.3 is 0 Å². The van der Waals surface area contributed by atoms with E-state index in [0.717, 1.165) is 51.5 Å². The predicted molar refractivity (Wildman–Crippen MR) is 123 cm³/mol. The molecule has 5 nitrogen and oxygen atoms in total. The fraction of sp³-hybridized carbons (Fsp3) is 0.222. The van der Waals surface area contributed by atoms with Gasteiger partial charge in [0.15, 0.2) is 5.65 Å². The van der Waals surface area contributed by atoms with Crippen molar-refractivity contribution in [1.29, 1.82) is 5.26 Å². The fourth-order valence-corrected chi connectivity index (χ4v) is 4.64. The number of nitrogens with zero attached hydrogens (tertiary/aromatic N) is 4. The molecule has 0 atom stereocenters. The first-order chi connectivity index (χ1) is 15.7. The van der Waals surface area contributed by atoms with Gasteiger partial charge in [0.25, 0.3) is 0 Å². The Morgan fingerprint density at radius 3 is 2.84 bits per heavy atom. The molecule has 0 spiro atoms. The van der Waals surface area contributed by atoms with Crippen molar-refractivity contribution in [2.24, 2.45) is 0 Å². The average molecular weight is 419 g/mol. The topological polar surface area (TPSA) is 63.7 Å². The van der Waals surface area contributed by atoms with Crippen molar-refractivity contribution in [3.63, 3.8) is 0 Å². The lowest BCUT2D eigenvalue weighted by molar-refractivity contribution is 0.307. The summed E-state index contributed by atoms with van der Waals surface area (Å²) in [7, 11) is 0. The molecule has 156 valence electrons. The molecule has 6 rings (SSSR count). The number of benzene rings is 2. The molecule has 4 aromatic rings. The van der Waals surface area contributed by atoms with Crippen molar-refractivity contribution in [3.8, 4) is 11.8 Å². The highest BCUT2D eigenvalue weighted by molar-refractivity contribution is 5.88. The molecule has 1 fully saturated rings. The highest BCUT2D eigenvalue weighted by atomic mass is 16.5. The van der Waals surface area contributed by atoms with E-state index in [1.54, 1.807) is 0 Å². The highest BCUT2D eigenvalue weighted by Crippen LogP contribution is 2.41. The Hall–Kier alpha value is -3.91.